The molecule has 27 heavy (non-hydrogen) atoms. The fourth-order valence-electron chi connectivity index (χ4n) is 3.34. The Labute approximate surface area is 162 Å². The summed E-state index contributed by atoms with van der Waals surface area (Å²) in [6, 6.07) is 15.6. The number of sulfone groups is 1. The van der Waals surface area contributed by atoms with Crippen molar-refractivity contribution in [1.82, 2.24) is 4.31 Å². The lowest BCUT2D eigenvalue weighted by molar-refractivity contribution is 0.334. The first-order valence-electron chi connectivity index (χ1n) is 9.05. The molecule has 2 aromatic carbocycles. The van der Waals surface area contributed by atoms with Gasteiger partial charge >= 0.3 is 0 Å². The molecule has 1 atom stereocenters. The maximum atomic E-state index is 13.3. The zero-order valence-corrected chi connectivity index (χ0v) is 17.2. The molecule has 1 aliphatic heterocycles. The van der Waals surface area contributed by atoms with Crippen LogP contribution in [0.4, 0.5) is 0 Å². The topological polar surface area (TPSA) is 71.5 Å². The average molecular weight is 408 g/mol. The molecule has 3 rings (SSSR count). The van der Waals surface area contributed by atoms with Crippen LogP contribution in [-0.2, 0) is 26.4 Å². The zero-order chi connectivity index (χ0) is 19.7. The number of benzene rings is 2. The van der Waals surface area contributed by atoms with Crippen molar-refractivity contribution in [3.05, 3.63) is 65.7 Å². The predicted octanol–water partition coefficient (Wildman–Crippen LogP) is 3.19. The van der Waals surface area contributed by atoms with Crippen LogP contribution in [0.5, 0.6) is 0 Å². The van der Waals surface area contributed by atoms with Gasteiger partial charge in [0.05, 0.1) is 16.4 Å². The summed E-state index contributed by atoms with van der Waals surface area (Å²) in [5.74, 6) is 0.218. The van der Waals surface area contributed by atoms with Gasteiger partial charge in [0.2, 0.25) is 10.0 Å². The van der Waals surface area contributed by atoms with Crippen molar-refractivity contribution in [2.45, 2.75) is 43.7 Å². The summed E-state index contributed by atoms with van der Waals surface area (Å²) in [5, 5.41) is 0. The first-order valence-corrected chi connectivity index (χ1v) is 12.3. The summed E-state index contributed by atoms with van der Waals surface area (Å²) in [7, 11) is -7.01. The van der Waals surface area contributed by atoms with Crippen molar-refractivity contribution in [3.63, 3.8) is 0 Å². The van der Waals surface area contributed by atoms with Crippen LogP contribution in [-0.4, -0.2) is 38.7 Å². The van der Waals surface area contributed by atoms with Crippen LogP contribution in [0, 0.1) is 0 Å². The minimum absolute atomic E-state index is 0.0325. The van der Waals surface area contributed by atoms with Crippen molar-refractivity contribution in [1.29, 1.82) is 0 Å². The summed E-state index contributed by atoms with van der Waals surface area (Å²) in [6.07, 6.45) is 0.332. The van der Waals surface area contributed by atoms with E-state index in [4.69, 9.17) is 0 Å². The Kier molecular flexibility index (Phi) is 5.74. The van der Waals surface area contributed by atoms with E-state index < -0.39 is 25.9 Å². The average Bonchev–Trinajstić information content (AvgIpc) is 3.00. The molecule has 0 bridgehead atoms. The van der Waals surface area contributed by atoms with Crippen molar-refractivity contribution < 1.29 is 16.8 Å². The van der Waals surface area contributed by atoms with Crippen LogP contribution >= 0.6 is 0 Å². The zero-order valence-electron chi connectivity index (χ0n) is 15.6. The first-order chi connectivity index (χ1) is 12.7. The number of hydrogen-bond acceptors (Lipinski definition) is 4. The maximum absolute atomic E-state index is 13.3. The molecule has 7 heteroatoms. The maximum Gasteiger partial charge on any atom is 0.243 e. The molecule has 0 aromatic heterocycles. The molecule has 0 unspecified atom stereocenters. The number of nitrogens with zero attached hydrogens (tertiary/aromatic N) is 1. The predicted molar refractivity (Wildman–Crippen MR) is 107 cm³/mol. The molecule has 2 aromatic rings. The standard InChI is InChI=1S/C20H25NO4S2/c1-16(2)18-8-10-20(11-9-18)27(24,25)21(14-17-6-4-3-5-7-17)19-12-13-26(22,23)15-19/h3-11,16,19H,12-15H2,1-2H3/t19-/m1/s1. The molecule has 0 radical (unpaired) electrons. The number of rotatable bonds is 6. The van der Waals surface area contributed by atoms with Crippen LogP contribution in [0.3, 0.4) is 0 Å². The van der Waals surface area contributed by atoms with Crippen LogP contribution < -0.4 is 0 Å². The lowest BCUT2D eigenvalue weighted by Crippen LogP contribution is -2.40. The van der Waals surface area contributed by atoms with E-state index in [1.165, 1.54) is 4.31 Å². The van der Waals surface area contributed by atoms with Crippen LogP contribution in [0.2, 0.25) is 0 Å². The van der Waals surface area contributed by atoms with E-state index in [-0.39, 0.29) is 22.9 Å². The van der Waals surface area contributed by atoms with E-state index in [9.17, 15) is 16.8 Å². The number of hydrogen-bond donors (Lipinski definition) is 0. The Hall–Kier alpha value is -1.70. The Morgan fingerprint density at radius 1 is 1.04 bits per heavy atom. The molecule has 0 aliphatic carbocycles. The Morgan fingerprint density at radius 2 is 1.67 bits per heavy atom. The quantitative estimate of drug-likeness (QED) is 0.737. The van der Waals surface area contributed by atoms with Gasteiger partial charge in [-0.1, -0.05) is 56.3 Å². The monoisotopic (exact) mass is 407 g/mol. The summed E-state index contributed by atoms with van der Waals surface area (Å²) >= 11 is 0. The largest absolute Gasteiger partial charge is 0.243 e. The van der Waals surface area contributed by atoms with Gasteiger partial charge in [-0.3, -0.25) is 0 Å². The Bertz CT molecular complexity index is 982. The van der Waals surface area contributed by atoms with Gasteiger partial charge in [0.25, 0.3) is 0 Å². The van der Waals surface area contributed by atoms with Gasteiger partial charge in [0.15, 0.2) is 9.84 Å². The minimum Gasteiger partial charge on any atom is -0.229 e. The van der Waals surface area contributed by atoms with E-state index >= 15 is 0 Å². The van der Waals surface area contributed by atoms with E-state index in [0.29, 0.717) is 12.3 Å². The van der Waals surface area contributed by atoms with Crippen molar-refractivity contribution in [2.75, 3.05) is 11.5 Å². The lowest BCUT2D eigenvalue weighted by atomic mass is 10.0. The highest BCUT2D eigenvalue weighted by molar-refractivity contribution is 7.92. The molecule has 1 heterocycles. The number of sulfonamides is 1. The third-order valence-corrected chi connectivity index (χ3v) is 8.61. The molecule has 0 saturated carbocycles. The second-order valence-corrected chi connectivity index (χ2v) is 11.4. The smallest absolute Gasteiger partial charge is 0.229 e. The van der Waals surface area contributed by atoms with Crippen LogP contribution in [0.15, 0.2) is 59.5 Å². The fourth-order valence-corrected chi connectivity index (χ4v) is 6.80. The normalized spacial score (nSPS) is 19.6. The van der Waals surface area contributed by atoms with E-state index in [0.717, 1.165) is 11.1 Å². The Morgan fingerprint density at radius 3 is 2.19 bits per heavy atom. The second kappa shape index (κ2) is 7.73. The highest BCUT2D eigenvalue weighted by Gasteiger charge is 2.38. The molecule has 1 fully saturated rings. The fraction of sp³-hybridized carbons (Fsp3) is 0.400. The molecule has 0 amide bonds. The SMILES string of the molecule is CC(C)c1ccc(S(=O)(=O)N(Cc2ccccc2)[C@@H]2CCS(=O)(=O)C2)cc1. The first kappa shape index (κ1) is 20.0. The molecule has 1 saturated heterocycles. The van der Waals surface area contributed by atoms with Crippen molar-refractivity contribution in [2.24, 2.45) is 0 Å². The van der Waals surface area contributed by atoms with Gasteiger partial charge in [-0.25, -0.2) is 16.8 Å². The van der Waals surface area contributed by atoms with Gasteiger partial charge in [-0.05, 0) is 35.6 Å². The Balaban J connectivity index is 1.97. The van der Waals surface area contributed by atoms with Gasteiger partial charge in [-0.2, -0.15) is 4.31 Å². The van der Waals surface area contributed by atoms with Gasteiger partial charge in [-0.15, -0.1) is 0 Å². The van der Waals surface area contributed by atoms with Gasteiger partial charge < -0.3 is 0 Å². The molecular weight excluding hydrogens is 382 g/mol. The lowest BCUT2D eigenvalue weighted by Gasteiger charge is -2.27. The molecule has 5 nitrogen and oxygen atoms in total. The molecule has 0 N–H and O–H groups in total. The third kappa shape index (κ3) is 4.59. The summed E-state index contributed by atoms with van der Waals surface area (Å²) < 4.78 is 52.0. The highest BCUT2D eigenvalue weighted by atomic mass is 32.2. The second-order valence-electron chi connectivity index (χ2n) is 7.32. The summed E-state index contributed by atoms with van der Waals surface area (Å²) in [6.45, 7) is 4.26. The van der Waals surface area contributed by atoms with E-state index in [2.05, 4.69) is 13.8 Å². The molecule has 1 aliphatic rings. The molecule has 0 spiro atoms. The summed E-state index contributed by atoms with van der Waals surface area (Å²) in [5.41, 5.74) is 1.90. The van der Waals surface area contributed by atoms with Crippen molar-refractivity contribution >= 4 is 19.9 Å². The van der Waals surface area contributed by atoms with Crippen LogP contribution in [0.25, 0.3) is 0 Å². The van der Waals surface area contributed by atoms with E-state index in [1.807, 2.05) is 42.5 Å². The van der Waals surface area contributed by atoms with Gasteiger partial charge in [0, 0.05) is 12.6 Å². The van der Waals surface area contributed by atoms with Crippen LogP contribution in [0.1, 0.15) is 37.3 Å². The molecular formula is C20H25NO4S2. The van der Waals surface area contributed by atoms with E-state index in [1.54, 1.807) is 12.1 Å². The minimum atomic E-state index is -3.81. The van der Waals surface area contributed by atoms with Crippen molar-refractivity contribution in [3.8, 4) is 0 Å². The third-order valence-electron chi connectivity index (χ3n) is 4.95. The summed E-state index contributed by atoms with van der Waals surface area (Å²) in [4.78, 5) is 0.201. The van der Waals surface area contributed by atoms with Gasteiger partial charge in [0.1, 0.15) is 0 Å². The highest BCUT2D eigenvalue weighted by Crippen LogP contribution is 2.28. The molecule has 146 valence electrons.